The number of aliphatic carboxylic acids is 2. The maximum atomic E-state index is 12.1. The minimum Gasteiger partial charge on any atom is -0.494 e. The highest BCUT2D eigenvalue weighted by atomic mass is 16.5. The molecule has 2 N–H and O–H groups in total. The SMILES string of the molecule is CCN(C)C(=O)c1ccc(OCCCN2CC3CCCC3C2)cc1.O=C(O)C(=O)O. The number of nitrogens with zero attached hydrogens (tertiary/aromatic N) is 2. The summed E-state index contributed by atoms with van der Waals surface area (Å²) in [4.78, 5) is 34.6. The largest absolute Gasteiger partial charge is 0.494 e. The Morgan fingerprint density at radius 1 is 1.07 bits per heavy atom. The molecule has 1 saturated carbocycles. The van der Waals surface area contributed by atoms with E-state index >= 15 is 0 Å². The lowest BCUT2D eigenvalue weighted by atomic mass is 10.0. The minimum absolute atomic E-state index is 0.0589. The van der Waals surface area contributed by atoms with Crippen molar-refractivity contribution >= 4 is 17.8 Å². The van der Waals surface area contributed by atoms with E-state index in [1.165, 1.54) is 32.4 Å². The second-order valence-electron chi connectivity index (χ2n) is 7.87. The molecule has 3 rings (SSSR count). The van der Waals surface area contributed by atoms with Crippen molar-refractivity contribution in [3.63, 3.8) is 0 Å². The van der Waals surface area contributed by atoms with Gasteiger partial charge in [0.05, 0.1) is 6.61 Å². The van der Waals surface area contributed by atoms with Crippen LogP contribution in [0.15, 0.2) is 24.3 Å². The highest BCUT2D eigenvalue weighted by molar-refractivity contribution is 6.27. The van der Waals surface area contributed by atoms with Crippen molar-refractivity contribution < 1.29 is 29.3 Å². The smallest absolute Gasteiger partial charge is 0.414 e. The first-order valence-corrected chi connectivity index (χ1v) is 10.5. The topological polar surface area (TPSA) is 107 Å². The van der Waals surface area contributed by atoms with Crippen molar-refractivity contribution in [3.8, 4) is 5.75 Å². The van der Waals surface area contributed by atoms with Crippen LogP contribution in [0.2, 0.25) is 0 Å². The maximum absolute atomic E-state index is 12.1. The molecule has 166 valence electrons. The number of likely N-dealkylation sites (tertiary alicyclic amines) is 1. The molecule has 8 heteroatoms. The summed E-state index contributed by atoms with van der Waals surface area (Å²) in [5, 5.41) is 14.8. The Hall–Kier alpha value is -2.61. The van der Waals surface area contributed by atoms with Gasteiger partial charge in [0.2, 0.25) is 0 Å². The van der Waals surface area contributed by atoms with Gasteiger partial charge < -0.3 is 24.7 Å². The van der Waals surface area contributed by atoms with Crippen LogP contribution in [0.1, 0.15) is 43.0 Å². The third-order valence-electron chi connectivity index (χ3n) is 5.79. The zero-order valence-electron chi connectivity index (χ0n) is 17.7. The summed E-state index contributed by atoms with van der Waals surface area (Å²) in [5.41, 5.74) is 0.718. The summed E-state index contributed by atoms with van der Waals surface area (Å²) in [6.45, 7) is 7.18. The Kier molecular flexibility index (Phi) is 9.11. The molecular weight excluding hydrogens is 388 g/mol. The number of hydrogen-bond acceptors (Lipinski definition) is 5. The van der Waals surface area contributed by atoms with E-state index in [1.54, 1.807) is 4.90 Å². The van der Waals surface area contributed by atoms with Gasteiger partial charge in [-0.3, -0.25) is 4.79 Å². The number of hydrogen-bond donors (Lipinski definition) is 2. The average Bonchev–Trinajstić information content (AvgIpc) is 3.33. The van der Waals surface area contributed by atoms with Gasteiger partial charge in [0.1, 0.15) is 5.75 Å². The summed E-state index contributed by atoms with van der Waals surface area (Å²) < 4.78 is 5.83. The zero-order valence-corrected chi connectivity index (χ0v) is 17.7. The molecule has 1 saturated heterocycles. The van der Waals surface area contributed by atoms with Crippen LogP contribution >= 0.6 is 0 Å². The molecular formula is C22H32N2O6. The Morgan fingerprint density at radius 2 is 1.63 bits per heavy atom. The van der Waals surface area contributed by atoms with Gasteiger partial charge in [0.15, 0.2) is 0 Å². The van der Waals surface area contributed by atoms with Crippen LogP contribution in [0.25, 0.3) is 0 Å². The predicted octanol–water partition coefficient (Wildman–Crippen LogP) is 2.43. The van der Waals surface area contributed by atoms with Crippen molar-refractivity contribution in [3.05, 3.63) is 29.8 Å². The van der Waals surface area contributed by atoms with E-state index in [0.717, 1.165) is 49.3 Å². The first-order valence-electron chi connectivity index (χ1n) is 10.5. The normalized spacial score (nSPS) is 20.1. The fourth-order valence-electron chi connectivity index (χ4n) is 4.05. The van der Waals surface area contributed by atoms with Crippen LogP contribution in [0.3, 0.4) is 0 Å². The van der Waals surface area contributed by atoms with Gasteiger partial charge in [-0.1, -0.05) is 6.42 Å². The fraction of sp³-hybridized carbons (Fsp3) is 0.591. The molecule has 30 heavy (non-hydrogen) atoms. The molecule has 1 aromatic rings. The second-order valence-corrected chi connectivity index (χ2v) is 7.87. The molecule has 1 heterocycles. The highest BCUT2D eigenvalue weighted by Gasteiger charge is 2.35. The van der Waals surface area contributed by atoms with E-state index in [9.17, 15) is 4.79 Å². The van der Waals surface area contributed by atoms with E-state index in [4.69, 9.17) is 24.5 Å². The highest BCUT2D eigenvalue weighted by Crippen LogP contribution is 2.37. The average molecular weight is 421 g/mol. The first-order chi connectivity index (χ1) is 14.3. The van der Waals surface area contributed by atoms with E-state index in [0.29, 0.717) is 0 Å². The van der Waals surface area contributed by atoms with E-state index in [1.807, 2.05) is 38.2 Å². The number of carboxylic acid groups (broad SMARTS) is 2. The Labute approximate surface area is 177 Å². The van der Waals surface area contributed by atoms with Gasteiger partial charge in [0, 0.05) is 38.8 Å². The Bertz CT molecular complexity index is 697. The van der Waals surface area contributed by atoms with Crippen LogP contribution in [0, 0.1) is 11.8 Å². The van der Waals surface area contributed by atoms with Crippen LogP contribution in [-0.2, 0) is 9.59 Å². The lowest BCUT2D eigenvalue weighted by Crippen LogP contribution is -2.26. The lowest BCUT2D eigenvalue weighted by molar-refractivity contribution is -0.159. The molecule has 0 bridgehead atoms. The summed E-state index contributed by atoms with van der Waals surface area (Å²) in [5.74, 6) is -0.799. The number of amides is 1. The number of fused-ring (bicyclic) bond motifs is 1. The van der Waals surface area contributed by atoms with Crippen molar-refractivity contribution in [2.75, 3.05) is 39.8 Å². The van der Waals surface area contributed by atoms with Crippen LogP contribution < -0.4 is 4.74 Å². The zero-order chi connectivity index (χ0) is 22.1. The number of benzene rings is 1. The number of ether oxygens (including phenoxy) is 1. The summed E-state index contributed by atoms with van der Waals surface area (Å²) in [7, 11) is 1.82. The van der Waals surface area contributed by atoms with Gasteiger partial charge >= 0.3 is 11.9 Å². The first kappa shape index (κ1) is 23.7. The molecule has 2 unspecified atom stereocenters. The van der Waals surface area contributed by atoms with Crippen molar-refractivity contribution in [2.45, 2.75) is 32.6 Å². The summed E-state index contributed by atoms with van der Waals surface area (Å²) in [6, 6.07) is 7.50. The Morgan fingerprint density at radius 3 is 2.13 bits per heavy atom. The molecule has 1 amide bonds. The number of rotatable bonds is 7. The molecule has 8 nitrogen and oxygen atoms in total. The third-order valence-corrected chi connectivity index (χ3v) is 5.79. The molecule has 0 aromatic heterocycles. The molecule has 2 atom stereocenters. The quantitative estimate of drug-likeness (QED) is 0.515. The fourth-order valence-corrected chi connectivity index (χ4v) is 4.05. The second kappa shape index (κ2) is 11.5. The molecule has 2 fully saturated rings. The number of carbonyl (C=O) groups is 3. The standard InChI is InChI=1S/C20H30N2O2.C2H2O4/c1-3-21(2)20(23)16-8-10-19(11-9-16)24-13-5-12-22-14-17-6-4-7-18(17)15-22;3-1(4)2(5)6/h8-11,17-18H,3-7,12-15H2,1-2H3;(H,3,4)(H,5,6). The molecule has 1 aromatic carbocycles. The number of carbonyl (C=O) groups excluding carboxylic acids is 1. The van der Waals surface area contributed by atoms with Crippen LogP contribution in [0.4, 0.5) is 0 Å². The van der Waals surface area contributed by atoms with Crippen molar-refractivity contribution in [2.24, 2.45) is 11.8 Å². The molecule has 1 aliphatic heterocycles. The van der Waals surface area contributed by atoms with Crippen LogP contribution in [-0.4, -0.2) is 77.7 Å². The van der Waals surface area contributed by atoms with Gasteiger partial charge in [-0.05, 0) is 62.3 Å². The predicted molar refractivity (Wildman–Crippen MR) is 112 cm³/mol. The summed E-state index contributed by atoms with van der Waals surface area (Å²) in [6.07, 6.45) is 5.39. The van der Waals surface area contributed by atoms with Crippen molar-refractivity contribution in [1.29, 1.82) is 0 Å². The lowest BCUT2D eigenvalue weighted by Gasteiger charge is -2.17. The van der Waals surface area contributed by atoms with Crippen LogP contribution in [0.5, 0.6) is 5.75 Å². The van der Waals surface area contributed by atoms with Crippen molar-refractivity contribution in [1.82, 2.24) is 9.80 Å². The van der Waals surface area contributed by atoms with Gasteiger partial charge in [-0.15, -0.1) is 0 Å². The van der Waals surface area contributed by atoms with Gasteiger partial charge in [-0.25, -0.2) is 9.59 Å². The van der Waals surface area contributed by atoms with E-state index in [2.05, 4.69) is 4.90 Å². The third kappa shape index (κ3) is 7.02. The van der Waals surface area contributed by atoms with E-state index in [-0.39, 0.29) is 5.91 Å². The van der Waals surface area contributed by atoms with E-state index < -0.39 is 11.9 Å². The molecule has 0 spiro atoms. The molecule has 2 aliphatic rings. The number of carboxylic acids is 2. The minimum atomic E-state index is -1.82. The Balaban J connectivity index is 0.000000469. The molecule has 1 aliphatic carbocycles. The monoisotopic (exact) mass is 420 g/mol. The summed E-state index contributed by atoms with van der Waals surface area (Å²) >= 11 is 0. The maximum Gasteiger partial charge on any atom is 0.414 e. The molecule has 0 radical (unpaired) electrons. The van der Waals surface area contributed by atoms with Gasteiger partial charge in [0.25, 0.3) is 5.91 Å². The van der Waals surface area contributed by atoms with Gasteiger partial charge in [-0.2, -0.15) is 0 Å².